The molecule has 5 rings (SSSR count). The minimum atomic E-state index is 0.0109. The third-order valence-corrected chi connectivity index (χ3v) is 5.61. The van der Waals surface area contributed by atoms with Crippen molar-refractivity contribution in [1.29, 1.82) is 0 Å². The molecule has 5 aromatic carbocycles. The second kappa shape index (κ2) is 8.93. The summed E-state index contributed by atoms with van der Waals surface area (Å²) in [4.78, 5) is 2.02. The van der Waals surface area contributed by atoms with E-state index in [-0.39, 0.29) is 11.5 Å². The van der Waals surface area contributed by atoms with Crippen molar-refractivity contribution in [1.82, 2.24) is 0 Å². The summed E-state index contributed by atoms with van der Waals surface area (Å²) >= 11 is 0. The molecule has 0 amide bonds. The fourth-order valence-corrected chi connectivity index (χ4v) is 4.02. The molecule has 0 heterocycles. The first-order valence-electron chi connectivity index (χ1n) is 10.8. The van der Waals surface area contributed by atoms with E-state index in [1.165, 1.54) is 6.07 Å². The van der Waals surface area contributed by atoms with Crippen molar-refractivity contribution < 1.29 is 10.2 Å². The van der Waals surface area contributed by atoms with E-state index in [2.05, 4.69) is 72.8 Å². The number of phenolic OH excluding ortho intramolecular Hbond substituents is 2. The SMILES string of the molecule is Oc1cc(O)cc(N(c2ccc(-c3ccccc3)cc2)c2ccc(-c3ccccc3)cc2)c1. The van der Waals surface area contributed by atoms with Crippen LogP contribution in [0.3, 0.4) is 0 Å². The van der Waals surface area contributed by atoms with E-state index in [0.717, 1.165) is 33.6 Å². The first kappa shape index (κ1) is 20.4. The summed E-state index contributed by atoms with van der Waals surface area (Å²) < 4.78 is 0. The molecule has 2 N–H and O–H groups in total. The summed E-state index contributed by atoms with van der Waals surface area (Å²) in [6.07, 6.45) is 0. The quantitative estimate of drug-likeness (QED) is 0.298. The molecule has 0 bridgehead atoms. The van der Waals surface area contributed by atoms with Gasteiger partial charge in [-0.2, -0.15) is 0 Å². The summed E-state index contributed by atoms with van der Waals surface area (Å²) in [5.74, 6) is 0.0219. The van der Waals surface area contributed by atoms with Gasteiger partial charge >= 0.3 is 0 Å². The lowest BCUT2D eigenvalue weighted by molar-refractivity contribution is 0.451. The maximum absolute atomic E-state index is 10.1. The monoisotopic (exact) mass is 429 g/mol. The van der Waals surface area contributed by atoms with Gasteiger partial charge in [-0.05, 0) is 46.5 Å². The van der Waals surface area contributed by atoms with Gasteiger partial charge in [0.15, 0.2) is 0 Å². The first-order valence-corrected chi connectivity index (χ1v) is 10.8. The standard InChI is InChI=1S/C30H23NO2/c32-29-19-28(20-30(33)21-29)31(26-15-11-24(12-16-26)22-7-3-1-4-8-22)27-17-13-25(14-18-27)23-9-5-2-6-10-23/h1-21,32-33H. The Kier molecular flexibility index (Phi) is 5.52. The molecular weight excluding hydrogens is 406 g/mol. The Morgan fingerprint density at radius 1 is 0.364 bits per heavy atom. The van der Waals surface area contributed by atoms with E-state index in [1.54, 1.807) is 12.1 Å². The highest BCUT2D eigenvalue weighted by Crippen LogP contribution is 2.39. The van der Waals surface area contributed by atoms with Gasteiger partial charge in [-0.15, -0.1) is 0 Å². The van der Waals surface area contributed by atoms with Crippen LogP contribution in [0.25, 0.3) is 22.3 Å². The highest BCUT2D eigenvalue weighted by molar-refractivity contribution is 5.80. The zero-order valence-corrected chi connectivity index (χ0v) is 18.0. The summed E-state index contributed by atoms with van der Waals surface area (Å²) in [7, 11) is 0. The van der Waals surface area contributed by atoms with Crippen molar-refractivity contribution in [3.63, 3.8) is 0 Å². The van der Waals surface area contributed by atoms with E-state index in [1.807, 2.05) is 41.3 Å². The normalized spacial score (nSPS) is 10.7. The molecule has 5 aromatic rings. The predicted octanol–water partition coefficient (Wildman–Crippen LogP) is 7.90. The molecule has 0 aromatic heterocycles. The minimum absolute atomic E-state index is 0.0109. The molecule has 0 aliphatic heterocycles. The number of phenols is 2. The molecule has 0 radical (unpaired) electrons. The molecular formula is C30H23NO2. The largest absolute Gasteiger partial charge is 0.508 e. The Labute approximate surface area is 193 Å². The average molecular weight is 430 g/mol. The van der Waals surface area contributed by atoms with Crippen LogP contribution in [0.1, 0.15) is 0 Å². The van der Waals surface area contributed by atoms with E-state index in [4.69, 9.17) is 0 Å². The fourth-order valence-electron chi connectivity index (χ4n) is 4.02. The predicted molar refractivity (Wildman–Crippen MR) is 135 cm³/mol. The molecule has 0 saturated heterocycles. The summed E-state index contributed by atoms with van der Waals surface area (Å²) in [5.41, 5.74) is 7.07. The van der Waals surface area contributed by atoms with Crippen molar-refractivity contribution in [2.24, 2.45) is 0 Å². The molecule has 0 aliphatic carbocycles. The van der Waals surface area contributed by atoms with Crippen molar-refractivity contribution >= 4 is 17.1 Å². The van der Waals surface area contributed by atoms with Gasteiger partial charge in [0.25, 0.3) is 0 Å². The lowest BCUT2D eigenvalue weighted by Crippen LogP contribution is -2.09. The van der Waals surface area contributed by atoms with Crippen LogP contribution in [0.15, 0.2) is 127 Å². The highest BCUT2D eigenvalue weighted by atomic mass is 16.3. The topological polar surface area (TPSA) is 43.7 Å². The Hall–Kier alpha value is -4.50. The molecule has 3 nitrogen and oxygen atoms in total. The molecule has 0 spiro atoms. The molecule has 33 heavy (non-hydrogen) atoms. The zero-order chi connectivity index (χ0) is 22.6. The Morgan fingerprint density at radius 2 is 0.727 bits per heavy atom. The molecule has 0 unspecified atom stereocenters. The average Bonchev–Trinajstić information content (AvgIpc) is 2.86. The number of aromatic hydroxyl groups is 2. The van der Waals surface area contributed by atoms with Crippen molar-refractivity contribution in [2.75, 3.05) is 4.90 Å². The van der Waals surface area contributed by atoms with Crippen LogP contribution in [0.4, 0.5) is 17.1 Å². The summed E-state index contributed by atoms with van der Waals surface area (Å²) in [5, 5.41) is 20.3. The number of nitrogens with zero attached hydrogens (tertiary/aromatic N) is 1. The zero-order valence-electron chi connectivity index (χ0n) is 18.0. The van der Waals surface area contributed by atoms with Crippen LogP contribution in [-0.4, -0.2) is 10.2 Å². The fraction of sp³-hybridized carbons (Fsp3) is 0. The smallest absolute Gasteiger partial charge is 0.121 e. The molecule has 160 valence electrons. The third kappa shape index (κ3) is 4.43. The van der Waals surface area contributed by atoms with E-state index < -0.39 is 0 Å². The Bertz CT molecular complexity index is 1240. The number of hydrogen-bond acceptors (Lipinski definition) is 3. The molecule has 0 aliphatic rings. The van der Waals surface area contributed by atoms with Crippen LogP contribution in [0.2, 0.25) is 0 Å². The molecule has 0 fully saturated rings. The van der Waals surface area contributed by atoms with Crippen LogP contribution in [0.5, 0.6) is 11.5 Å². The van der Waals surface area contributed by atoms with E-state index >= 15 is 0 Å². The summed E-state index contributed by atoms with van der Waals surface area (Å²) in [6, 6.07) is 41.6. The molecule has 3 heteroatoms. The van der Waals surface area contributed by atoms with E-state index in [9.17, 15) is 10.2 Å². The first-order chi connectivity index (χ1) is 16.2. The van der Waals surface area contributed by atoms with E-state index in [0.29, 0.717) is 5.69 Å². The van der Waals surface area contributed by atoms with Gasteiger partial charge in [0.2, 0.25) is 0 Å². The van der Waals surface area contributed by atoms with Crippen LogP contribution < -0.4 is 4.90 Å². The van der Waals surface area contributed by atoms with Gasteiger partial charge in [-0.3, -0.25) is 0 Å². The molecule has 0 atom stereocenters. The van der Waals surface area contributed by atoms with Crippen molar-refractivity contribution in [3.8, 4) is 33.8 Å². The van der Waals surface area contributed by atoms with Gasteiger partial charge in [0.05, 0.1) is 5.69 Å². The highest BCUT2D eigenvalue weighted by Gasteiger charge is 2.15. The van der Waals surface area contributed by atoms with Gasteiger partial charge < -0.3 is 15.1 Å². The summed E-state index contributed by atoms with van der Waals surface area (Å²) in [6.45, 7) is 0. The lowest BCUT2D eigenvalue weighted by Gasteiger charge is -2.26. The number of rotatable bonds is 5. The molecule has 0 saturated carbocycles. The Balaban J connectivity index is 1.57. The third-order valence-electron chi connectivity index (χ3n) is 5.61. The van der Waals surface area contributed by atoms with Gasteiger partial charge in [-0.25, -0.2) is 0 Å². The number of anilines is 3. The lowest BCUT2D eigenvalue weighted by atomic mass is 10.0. The van der Waals surface area contributed by atoms with Crippen molar-refractivity contribution in [2.45, 2.75) is 0 Å². The van der Waals surface area contributed by atoms with Gasteiger partial charge in [0, 0.05) is 29.6 Å². The maximum atomic E-state index is 10.1. The minimum Gasteiger partial charge on any atom is -0.508 e. The van der Waals surface area contributed by atoms with Crippen molar-refractivity contribution in [3.05, 3.63) is 127 Å². The number of benzene rings is 5. The van der Waals surface area contributed by atoms with Crippen LogP contribution >= 0.6 is 0 Å². The Morgan fingerprint density at radius 3 is 1.12 bits per heavy atom. The second-order valence-electron chi connectivity index (χ2n) is 7.87. The van der Waals surface area contributed by atoms with Gasteiger partial charge in [-0.1, -0.05) is 84.9 Å². The van der Waals surface area contributed by atoms with Crippen LogP contribution in [-0.2, 0) is 0 Å². The number of hydrogen-bond donors (Lipinski definition) is 2. The van der Waals surface area contributed by atoms with Crippen LogP contribution in [0, 0.1) is 0 Å². The maximum Gasteiger partial charge on any atom is 0.121 e. The van der Waals surface area contributed by atoms with Gasteiger partial charge in [0.1, 0.15) is 11.5 Å². The second-order valence-corrected chi connectivity index (χ2v) is 7.87.